The normalized spacial score (nSPS) is 20.9. The molecule has 43 heavy (non-hydrogen) atoms. The van der Waals surface area contributed by atoms with Crippen LogP contribution in [0.5, 0.6) is 0 Å². The third-order valence-electron chi connectivity index (χ3n) is 7.66. The Morgan fingerprint density at radius 3 is 2.37 bits per heavy atom. The standard InChI is InChI=1S/C31H38N6O6/c38-21-22-8-10-23(11-9-22)27-19-26(20-36-14-16-37(17-15-36)31-32-12-3-13-33-31)42-30(43-27)24-4-1-5-25(18-24)34-28(39)6-2-7-29(40)35-41/h1,3-5,8-13,18,26-27,30,38,41H,2,6-7,14-17,19-21H2,(H,34,39)(H,35,40)/t26-,27+,30+/m1/s1. The van der Waals surface area contributed by atoms with Crippen molar-refractivity contribution < 1.29 is 29.4 Å². The molecule has 2 fully saturated rings. The van der Waals surface area contributed by atoms with E-state index in [-0.39, 0.29) is 37.6 Å². The molecule has 0 saturated carbocycles. The van der Waals surface area contributed by atoms with Crippen molar-refractivity contribution in [3.8, 4) is 0 Å². The Morgan fingerprint density at radius 2 is 1.65 bits per heavy atom. The average molecular weight is 591 g/mol. The average Bonchev–Trinajstić information content (AvgIpc) is 3.05. The van der Waals surface area contributed by atoms with Crippen molar-refractivity contribution in [2.24, 2.45) is 0 Å². The van der Waals surface area contributed by atoms with Crippen LogP contribution in [0.15, 0.2) is 67.0 Å². The molecule has 0 unspecified atom stereocenters. The number of benzene rings is 2. The molecule has 2 aliphatic heterocycles. The lowest BCUT2D eigenvalue weighted by Crippen LogP contribution is -2.50. The maximum Gasteiger partial charge on any atom is 0.243 e. The summed E-state index contributed by atoms with van der Waals surface area (Å²) < 4.78 is 13.0. The molecule has 1 aromatic heterocycles. The highest BCUT2D eigenvalue weighted by atomic mass is 16.7. The van der Waals surface area contributed by atoms with Crippen LogP contribution < -0.4 is 15.7 Å². The molecular formula is C31H38N6O6. The van der Waals surface area contributed by atoms with E-state index >= 15 is 0 Å². The number of aliphatic hydroxyl groups is 1. The maximum atomic E-state index is 12.4. The van der Waals surface area contributed by atoms with E-state index in [4.69, 9.17) is 14.7 Å². The van der Waals surface area contributed by atoms with Gasteiger partial charge in [0.15, 0.2) is 6.29 Å². The molecule has 228 valence electrons. The molecule has 2 aromatic carbocycles. The van der Waals surface area contributed by atoms with Crippen LogP contribution in [-0.4, -0.2) is 75.8 Å². The SMILES string of the molecule is O=C(CCCC(=O)Nc1cccc([C@H]2O[C@@H](CN3CCN(c4ncccn4)CC3)C[C@@H](c3ccc(CO)cc3)O2)c1)NO. The fourth-order valence-corrected chi connectivity index (χ4v) is 5.36. The zero-order valence-corrected chi connectivity index (χ0v) is 24.0. The number of hydrogen-bond donors (Lipinski definition) is 4. The van der Waals surface area contributed by atoms with Crippen molar-refractivity contribution in [1.82, 2.24) is 20.3 Å². The lowest BCUT2D eigenvalue weighted by atomic mass is 9.99. The van der Waals surface area contributed by atoms with Crippen molar-refractivity contribution in [3.05, 3.63) is 83.7 Å². The van der Waals surface area contributed by atoms with Crippen LogP contribution >= 0.6 is 0 Å². The van der Waals surface area contributed by atoms with Crippen LogP contribution in [-0.2, 0) is 25.7 Å². The van der Waals surface area contributed by atoms with Crippen molar-refractivity contribution in [3.63, 3.8) is 0 Å². The fourth-order valence-electron chi connectivity index (χ4n) is 5.36. The second kappa shape index (κ2) is 15.0. The summed E-state index contributed by atoms with van der Waals surface area (Å²) in [6.45, 7) is 4.10. The van der Waals surface area contributed by atoms with Crippen LogP contribution in [0.2, 0.25) is 0 Å². The molecule has 3 atom stereocenters. The maximum absolute atomic E-state index is 12.4. The van der Waals surface area contributed by atoms with Crippen LogP contribution in [0.25, 0.3) is 0 Å². The van der Waals surface area contributed by atoms with E-state index in [0.717, 1.165) is 55.4 Å². The first-order chi connectivity index (χ1) is 21.0. The summed E-state index contributed by atoms with van der Waals surface area (Å²) in [5.41, 5.74) is 4.81. The third kappa shape index (κ3) is 8.55. The minimum absolute atomic E-state index is 0.0205. The molecule has 0 bridgehead atoms. The number of carbonyl (C=O) groups excluding carboxylic acids is 2. The van der Waals surface area contributed by atoms with Gasteiger partial charge in [0.05, 0.1) is 18.8 Å². The number of piperazine rings is 1. The topological polar surface area (TPSA) is 149 Å². The summed E-state index contributed by atoms with van der Waals surface area (Å²) in [5.74, 6) is -0.00437. The number of rotatable bonds is 11. The number of carbonyl (C=O) groups is 2. The molecular weight excluding hydrogens is 552 g/mol. The Hall–Kier alpha value is -3.94. The zero-order valence-electron chi connectivity index (χ0n) is 24.0. The highest BCUT2D eigenvalue weighted by molar-refractivity contribution is 5.91. The predicted octanol–water partition coefficient (Wildman–Crippen LogP) is 2.95. The van der Waals surface area contributed by atoms with E-state index in [1.165, 1.54) is 0 Å². The Morgan fingerprint density at radius 1 is 0.907 bits per heavy atom. The van der Waals surface area contributed by atoms with Gasteiger partial charge in [0.1, 0.15) is 0 Å². The van der Waals surface area contributed by atoms with Crippen LogP contribution in [0.1, 0.15) is 54.8 Å². The molecule has 12 heteroatoms. The van der Waals surface area contributed by atoms with E-state index in [1.54, 1.807) is 23.9 Å². The number of anilines is 2. The first-order valence-electron chi connectivity index (χ1n) is 14.6. The number of hydrogen-bond acceptors (Lipinski definition) is 10. The number of nitrogens with one attached hydrogen (secondary N) is 2. The van der Waals surface area contributed by atoms with E-state index in [2.05, 4.69) is 25.1 Å². The number of nitrogens with zero attached hydrogens (tertiary/aromatic N) is 4. The largest absolute Gasteiger partial charge is 0.392 e. The molecule has 0 aliphatic carbocycles. The predicted molar refractivity (Wildman–Crippen MR) is 158 cm³/mol. The van der Waals surface area contributed by atoms with Gasteiger partial charge in [0, 0.05) is 75.6 Å². The zero-order chi connectivity index (χ0) is 30.0. The number of ether oxygens (including phenoxy) is 2. The van der Waals surface area contributed by atoms with Gasteiger partial charge in [-0.15, -0.1) is 0 Å². The van der Waals surface area contributed by atoms with Gasteiger partial charge in [-0.2, -0.15) is 0 Å². The molecule has 4 N–H and O–H groups in total. The monoisotopic (exact) mass is 590 g/mol. The van der Waals surface area contributed by atoms with Gasteiger partial charge in [-0.1, -0.05) is 36.4 Å². The van der Waals surface area contributed by atoms with E-state index in [1.807, 2.05) is 48.5 Å². The molecule has 2 amide bonds. The summed E-state index contributed by atoms with van der Waals surface area (Å²) in [4.78, 5) is 37.0. The summed E-state index contributed by atoms with van der Waals surface area (Å²) in [6.07, 6.45) is 3.76. The minimum Gasteiger partial charge on any atom is -0.392 e. The van der Waals surface area contributed by atoms with Gasteiger partial charge in [-0.3, -0.25) is 19.7 Å². The van der Waals surface area contributed by atoms with Gasteiger partial charge in [-0.05, 0) is 35.7 Å². The van der Waals surface area contributed by atoms with Gasteiger partial charge in [0.25, 0.3) is 0 Å². The lowest BCUT2D eigenvalue weighted by molar-refractivity contribution is -0.253. The number of hydroxylamine groups is 1. The number of aromatic nitrogens is 2. The molecule has 0 radical (unpaired) electrons. The number of aliphatic hydroxyl groups excluding tert-OH is 1. The quantitative estimate of drug-likeness (QED) is 0.194. The first kappa shape index (κ1) is 30.5. The summed E-state index contributed by atoms with van der Waals surface area (Å²) in [7, 11) is 0. The smallest absolute Gasteiger partial charge is 0.243 e. The van der Waals surface area contributed by atoms with Gasteiger partial charge in [-0.25, -0.2) is 15.4 Å². The second-order valence-electron chi connectivity index (χ2n) is 10.7. The molecule has 3 heterocycles. The second-order valence-corrected chi connectivity index (χ2v) is 10.7. The summed E-state index contributed by atoms with van der Waals surface area (Å²) in [5, 5.41) is 21.0. The van der Waals surface area contributed by atoms with Crippen molar-refractivity contribution in [2.45, 2.75) is 50.8 Å². The number of amides is 2. The Bertz CT molecular complexity index is 1340. The van der Waals surface area contributed by atoms with Gasteiger partial charge in [0.2, 0.25) is 17.8 Å². The minimum atomic E-state index is -0.648. The summed E-state index contributed by atoms with van der Waals surface area (Å²) in [6, 6.07) is 17.0. The van der Waals surface area contributed by atoms with Crippen LogP contribution in [0.3, 0.4) is 0 Å². The first-order valence-corrected chi connectivity index (χ1v) is 14.6. The fraction of sp³-hybridized carbons (Fsp3) is 0.419. The van der Waals surface area contributed by atoms with Gasteiger partial charge >= 0.3 is 0 Å². The Labute approximate surface area is 250 Å². The molecule has 2 saturated heterocycles. The van der Waals surface area contributed by atoms with Crippen molar-refractivity contribution in [2.75, 3.05) is 42.9 Å². The van der Waals surface area contributed by atoms with Crippen molar-refractivity contribution in [1.29, 1.82) is 0 Å². The lowest BCUT2D eigenvalue weighted by Gasteiger charge is -2.40. The van der Waals surface area contributed by atoms with E-state index in [9.17, 15) is 14.7 Å². The van der Waals surface area contributed by atoms with Crippen LogP contribution in [0, 0.1) is 0 Å². The molecule has 0 spiro atoms. The molecule has 2 aliphatic rings. The Balaban J connectivity index is 1.25. The molecule has 12 nitrogen and oxygen atoms in total. The summed E-state index contributed by atoms with van der Waals surface area (Å²) >= 11 is 0. The highest BCUT2D eigenvalue weighted by Gasteiger charge is 2.34. The van der Waals surface area contributed by atoms with E-state index in [0.29, 0.717) is 18.5 Å². The van der Waals surface area contributed by atoms with Crippen molar-refractivity contribution >= 4 is 23.5 Å². The van der Waals surface area contributed by atoms with E-state index < -0.39 is 12.2 Å². The highest BCUT2D eigenvalue weighted by Crippen LogP contribution is 2.38. The molecule has 3 aromatic rings. The van der Waals surface area contributed by atoms with Crippen LogP contribution in [0.4, 0.5) is 11.6 Å². The molecule has 5 rings (SSSR count). The Kier molecular flexibility index (Phi) is 10.6. The third-order valence-corrected chi connectivity index (χ3v) is 7.66. The van der Waals surface area contributed by atoms with Gasteiger partial charge < -0.3 is 24.8 Å².